The summed E-state index contributed by atoms with van der Waals surface area (Å²) in [7, 11) is -1.60. The number of alkyl halides is 12. The van der Waals surface area contributed by atoms with Gasteiger partial charge in [-0.05, 0) is 126 Å². The molecule has 4 aliphatic heterocycles. The van der Waals surface area contributed by atoms with Crippen LogP contribution in [0.2, 0.25) is 20.1 Å². The number of hydrogen-bond donors (Lipinski definition) is 7. The van der Waals surface area contributed by atoms with E-state index in [1.54, 1.807) is 0 Å². The van der Waals surface area contributed by atoms with Crippen LogP contribution in [-0.2, 0) is 63.3 Å². The van der Waals surface area contributed by atoms with Gasteiger partial charge in [0, 0.05) is 23.2 Å². The van der Waals surface area contributed by atoms with Crippen LogP contribution in [0.4, 0.5) is 75.9 Å². The number of primary amides is 4. The number of amides is 5. The summed E-state index contributed by atoms with van der Waals surface area (Å²) in [5.41, 5.74) is 24.6. The molecule has 5 aromatic carbocycles. The number of fused-ring (bicyclic) bond motifs is 4. The van der Waals surface area contributed by atoms with E-state index in [-0.39, 0.29) is 134 Å². The first-order chi connectivity index (χ1) is 51.8. The molecule has 4 aromatic heterocycles. The lowest BCUT2D eigenvalue weighted by Crippen LogP contribution is -2.54. The van der Waals surface area contributed by atoms with Crippen molar-refractivity contribution in [2.75, 3.05) is 0 Å². The third-order valence-electron chi connectivity index (χ3n) is 17.6. The number of rotatable bonds is 10. The molecule has 0 spiro atoms. The summed E-state index contributed by atoms with van der Waals surface area (Å²) < 4.78 is 215. The van der Waals surface area contributed by atoms with Crippen molar-refractivity contribution in [2.24, 2.45) is 34.8 Å². The van der Waals surface area contributed by atoms with Crippen LogP contribution in [0.3, 0.4) is 0 Å². The normalized spacial score (nSPS) is 16.5. The zero-order chi connectivity index (χ0) is 82.0. The highest BCUT2D eigenvalue weighted by Crippen LogP contribution is 2.41. The molecule has 0 radical (unpaired) electrons. The zero-order valence-electron chi connectivity index (χ0n) is 56.1. The molecule has 111 heavy (non-hydrogen) atoms. The summed E-state index contributed by atoms with van der Waals surface area (Å²) in [5.74, 6) is -9.59. The quantitative estimate of drug-likeness (QED) is 0.0291. The molecule has 588 valence electrons. The maximum atomic E-state index is 14.0. The lowest BCUT2D eigenvalue weighted by molar-refractivity contribution is -0.198. The number of nitrogens with zero attached hydrogens (tertiary/aromatic N) is 10. The second-order valence-corrected chi connectivity index (χ2v) is 27.5. The van der Waals surface area contributed by atoms with Gasteiger partial charge in [-0.1, -0.05) is 76.7 Å². The molecule has 4 aliphatic rings. The van der Waals surface area contributed by atoms with E-state index in [0.29, 0.717) is 42.4 Å². The summed E-state index contributed by atoms with van der Waals surface area (Å²) in [6.07, 6.45) is -18.1. The third-order valence-corrected chi connectivity index (χ3v) is 19.5. The second kappa shape index (κ2) is 34.2. The Labute approximate surface area is 649 Å². The van der Waals surface area contributed by atoms with E-state index >= 15 is 0 Å². The van der Waals surface area contributed by atoms with E-state index in [9.17, 15) is 94.2 Å². The molecule has 0 saturated heterocycles. The Morgan fingerprint density at radius 3 is 1.29 bits per heavy atom. The number of aromatic nitrogens is 8. The average Bonchev–Trinajstić information content (AvgIpc) is 1.78. The number of carbonyl (C=O) groups excluding carboxylic acids is 5. The van der Waals surface area contributed by atoms with E-state index in [0.717, 1.165) is 38.3 Å². The van der Waals surface area contributed by atoms with Gasteiger partial charge in [0.1, 0.15) is 56.1 Å². The van der Waals surface area contributed by atoms with Crippen LogP contribution in [0.25, 0.3) is 38.6 Å². The Bertz CT molecular complexity index is 4970. The van der Waals surface area contributed by atoms with Crippen LogP contribution in [0.15, 0.2) is 97.1 Å². The predicted molar refractivity (Wildman–Crippen MR) is 377 cm³/mol. The molecule has 4 unspecified atom stereocenters. The standard InChI is InChI=1S/C23H16ClF4N5O2.C15H12ClF4N3O.C14H11ClF4N4O.C9H9F3IN3O.C6H5BClFO2/c1-30-14-5-2-12(3-6-14)8-19(34)32-10-17-20(22(29)35)21(13-4-7-16(25)15(24)9-13)31-33(17)11-18(32)23(26,27)28;16-9-5-7(1-3-10(9)17)13-12(14(21)24)11-4-2-8(15(18,19)20)6-23(11)22-13;15-7-3-6(1-2-8(7)16)12-11(13(20)24)9-4-21-10(14(17,18)19)5-23(9)22-12;10-9(11,12)4-1-2-5-6(8(14)17)7(13)15-16(5)3-4;8-5-3-4(7(10)11)1-2-6(5)9/h2-7,9,18H,8,10-11H2,(H2,29,35);1,3,5,8H,2,4,6H2,(H2,21,24);1-3,10,21H,4-5H2,(H2,20,24);4H,1-3H2,(H2,14,17);1-3,10-11H. The Kier molecular flexibility index (Phi) is 26.4. The molecule has 5 amide bonds. The van der Waals surface area contributed by atoms with E-state index in [4.69, 9.17) is 86.0 Å². The monoisotopic (exact) mass is 1760 g/mol. The fraction of sp³-hybridized carbons (Fsp3) is 0.284. The number of halogens is 21. The minimum atomic E-state index is -4.78. The van der Waals surface area contributed by atoms with Gasteiger partial charge < -0.3 is 37.9 Å². The van der Waals surface area contributed by atoms with Crippen molar-refractivity contribution >= 4 is 117 Å². The molecule has 8 heterocycles. The number of hydrogen-bond acceptors (Lipinski definition) is 12. The SMILES string of the molecule is NC(=O)c1c(-c2ccc(F)c(Cl)c2)nn2c1CCC(C(F)(F)F)C2.NC(=O)c1c(-c2ccc(F)c(Cl)c2)nn2c1CNC(C(F)(F)F)C2.NC(=O)c1c(I)nn2c1CCC(C(F)(F)F)C2.OB(O)c1ccc(F)c(Cl)c1.[C-]#[N+]c1ccc(CC(=O)N2Cc3c(C(N)=O)c(-c4ccc(F)c(Cl)c4)nn3CC2C(F)(F)F)cc1. The molecule has 13 rings (SSSR count). The maximum Gasteiger partial charge on any atom is 0.488 e. The first kappa shape index (κ1) is 85.5. The van der Waals surface area contributed by atoms with Crippen LogP contribution in [-0.4, -0.2) is 128 Å². The van der Waals surface area contributed by atoms with Crippen molar-refractivity contribution < 1.29 is 104 Å². The highest BCUT2D eigenvalue weighted by Gasteiger charge is 2.50. The van der Waals surface area contributed by atoms with Gasteiger partial charge in [0.15, 0.2) is 5.69 Å². The predicted octanol–water partition coefficient (Wildman–Crippen LogP) is 12.4. The maximum absolute atomic E-state index is 14.0. The zero-order valence-corrected chi connectivity index (χ0v) is 61.2. The number of carbonyl (C=O) groups is 5. The third kappa shape index (κ3) is 19.9. The minimum absolute atomic E-state index is 0.00852. The van der Waals surface area contributed by atoms with Gasteiger partial charge >= 0.3 is 31.8 Å². The summed E-state index contributed by atoms with van der Waals surface area (Å²) >= 11 is 24.4. The average molecular weight is 1760 g/mol. The van der Waals surface area contributed by atoms with Crippen LogP contribution in [0.5, 0.6) is 0 Å². The molecule has 0 saturated carbocycles. The van der Waals surface area contributed by atoms with Gasteiger partial charge in [-0.3, -0.25) is 48.0 Å². The Balaban J connectivity index is 0.000000167. The highest BCUT2D eigenvalue weighted by molar-refractivity contribution is 14.1. The van der Waals surface area contributed by atoms with Gasteiger partial charge in [0.05, 0.1) is 123 Å². The van der Waals surface area contributed by atoms with Crippen LogP contribution >= 0.6 is 69.0 Å². The van der Waals surface area contributed by atoms with Crippen LogP contribution < -0.4 is 33.7 Å². The molecule has 0 bridgehead atoms. The summed E-state index contributed by atoms with van der Waals surface area (Å²) in [6, 6.07) is 16.3. The molecule has 9 aromatic rings. The number of nitrogens with one attached hydrogen (secondary N) is 1. The lowest BCUT2D eigenvalue weighted by atomic mass is 9.80. The molecule has 22 nitrogen and oxygen atoms in total. The fourth-order valence-electron chi connectivity index (χ4n) is 12.1. The number of nitrogens with two attached hydrogens (primary N) is 4. The van der Waals surface area contributed by atoms with Crippen molar-refractivity contribution in [3.8, 4) is 33.8 Å². The minimum Gasteiger partial charge on any atom is -0.423 e. The Morgan fingerprint density at radius 1 is 0.514 bits per heavy atom. The van der Waals surface area contributed by atoms with Crippen molar-refractivity contribution in [1.82, 2.24) is 49.3 Å². The molecule has 0 fully saturated rings. The van der Waals surface area contributed by atoms with Crippen molar-refractivity contribution in [1.29, 1.82) is 0 Å². The fourth-order valence-corrected chi connectivity index (χ4v) is 13.7. The van der Waals surface area contributed by atoms with E-state index in [2.05, 4.69) is 30.6 Å². The summed E-state index contributed by atoms with van der Waals surface area (Å²) in [4.78, 5) is 63.9. The molecule has 11 N–H and O–H groups in total. The van der Waals surface area contributed by atoms with Crippen molar-refractivity contribution in [3.63, 3.8) is 0 Å². The van der Waals surface area contributed by atoms with E-state index < -0.39 is 128 Å². The summed E-state index contributed by atoms with van der Waals surface area (Å²) in [6.45, 7) is 4.33. The van der Waals surface area contributed by atoms with Crippen molar-refractivity contribution in [2.45, 2.75) is 108 Å². The van der Waals surface area contributed by atoms with E-state index in [1.165, 1.54) is 77.5 Å². The van der Waals surface area contributed by atoms with Crippen LogP contribution in [0, 0.1) is 45.4 Å². The van der Waals surface area contributed by atoms with E-state index in [1.807, 2.05) is 22.6 Å². The van der Waals surface area contributed by atoms with Gasteiger partial charge in [0.25, 0.3) is 23.6 Å². The topological polar surface area (TPSA) is 321 Å². The Morgan fingerprint density at radius 2 is 0.901 bits per heavy atom. The molecule has 44 heteroatoms. The Hall–Kier alpha value is -9.51. The lowest BCUT2D eigenvalue weighted by Gasteiger charge is -2.37. The van der Waals surface area contributed by atoms with Crippen LogP contribution in [0.1, 0.15) is 82.6 Å². The first-order valence-corrected chi connectivity index (χ1v) is 34.5. The largest absolute Gasteiger partial charge is 0.488 e. The van der Waals surface area contributed by atoms with Gasteiger partial charge in [-0.2, -0.15) is 73.1 Å². The smallest absolute Gasteiger partial charge is 0.423 e. The van der Waals surface area contributed by atoms with Gasteiger partial charge in [-0.25, -0.2) is 22.4 Å². The molecular weight excluding hydrogens is 1710 g/mol. The first-order valence-electron chi connectivity index (χ1n) is 31.9. The van der Waals surface area contributed by atoms with Gasteiger partial charge in [0.2, 0.25) is 5.91 Å². The summed E-state index contributed by atoms with van der Waals surface area (Å²) in [5, 5.41) is 35.1. The van der Waals surface area contributed by atoms with Crippen molar-refractivity contribution in [3.05, 3.63) is 206 Å². The highest BCUT2D eigenvalue weighted by atomic mass is 127. The molecule has 4 atom stereocenters. The second-order valence-electron chi connectivity index (χ2n) is 24.8. The molecule has 0 aliphatic carbocycles. The van der Waals surface area contributed by atoms with Gasteiger partial charge in [-0.15, -0.1) is 0 Å². The molecular formula is C67H53BCl4F16IN15O7. The number of benzene rings is 5.